The number of aryl methyl sites for hydroxylation is 1. The van der Waals surface area contributed by atoms with Gasteiger partial charge < -0.3 is 19.5 Å². The minimum absolute atomic E-state index is 0.0215. The van der Waals surface area contributed by atoms with Crippen LogP contribution in [0.1, 0.15) is 17.8 Å². The Hall–Kier alpha value is -2.47. The molecule has 2 aromatic heterocycles. The number of piperidine rings is 1. The zero-order chi connectivity index (χ0) is 21.8. The van der Waals surface area contributed by atoms with E-state index in [0.717, 1.165) is 48.4 Å². The third-order valence-electron chi connectivity index (χ3n) is 4.96. The van der Waals surface area contributed by atoms with Gasteiger partial charge in [0.1, 0.15) is 10.8 Å². The highest BCUT2D eigenvalue weighted by Crippen LogP contribution is 2.42. The number of hydrogen-bond acceptors (Lipinski definition) is 8. The van der Waals surface area contributed by atoms with Crippen molar-refractivity contribution in [3.8, 4) is 5.75 Å². The summed E-state index contributed by atoms with van der Waals surface area (Å²) in [7, 11) is 0. The van der Waals surface area contributed by atoms with Gasteiger partial charge in [-0.15, -0.1) is 10.2 Å². The molecule has 2 aliphatic rings. The molecule has 2 atom stereocenters. The Morgan fingerprint density at radius 3 is 2.83 bits per heavy atom. The Balaban J connectivity index is 0.000000318. The summed E-state index contributed by atoms with van der Waals surface area (Å²) in [4.78, 5) is 15.3. The molecule has 0 bridgehead atoms. The largest absolute Gasteiger partial charge is 0.491 e. The smallest absolute Gasteiger partial charge is 0.490 e. The minimum Gasteiger partial charge on any atom is -0.491 e. The van der Waals surface area contributed by atoms with E-state index < -0.39 is 12.1 Å². The molecule has 0 unspecified atom stereocenters. The number of ether oxygens (including phenoxy) is 2. The number of anilines is 1. The summed E-state index contributed by atoms with van der Waals surface area (Å²) >= 11 is 1.65. The van der Waals surface area contributed by atoms with Gasteiger partial charge in [-0.2, -0.15) is 13.2 Å². The summed E-state index contributed by atoms with van der Waals surface area (Å²) in [6, 6.07) is 3.84. The van der Waals surface area contributed by atoms with Gasteiger partial charge in [0.15, 0.2) is 0 Å². The van der Waals surface area contributed by atoms with Gasteiger partial charge in [0.25, 0.3) is 0 Å². The number of carboxylic acid groups (broad SMARTS) is 1. The van der Waals surface area contributed by atoms with Gasteiger partial charge in [-0.05, 0) is 31.9 Å². The minimum atomic E-state index is -5.08. The number of hydrogen-bond donors (Lipinski definition) is 1. The van der Waals surface area contributed by atoms with Crippen LogP contribution in [0.4, 0.5) is 18.3 Å². The summed E-state index contributed by atoms with van der Waals surface area (Å²) in [5, 5.41) is 17.6. The van der Waals surface area contributed by atoms with E-state index in [0.29, 0.717) is 6.61 Å². The van der Waals surface area contributed by atoms with Gasteiger partial charge in [0.05, 0.1) is 24.3 Å². The van der Waals surface area contributed by atoms with Gasteiger partial charge in [0.2, 0.25) is 5.13 Å². The maximum Gasteiger partial charge on any atom is 0.490 e. The zero-order valence-electron chi connectivity index (χ0n) is 16.1. The fraction of sp³-hybridized carbons (Fsp3) is 0.556. The second-order valence-corrected chi connectivity index (χ2v) is 8.23. The average Bonchev–Trinajstić information content (AvgIpc) is 3.33. The van der Waals surface area contributed by atoms with Crippen LogP contribution in [0.5, 0.6) is 5.75 Å². The molecule has 1 N–H and O–H groups in total. The Bertz CT molecular complexity index is 851. The molecule has 2 aromatic rings. The van der Waals surface area contributed by atoms with Crippen LogP contribution in [0.15, 0.2) is 24.5 Å². The number of fused-ring (bicyclic) bond motifs is 1. The molecule has 0 radical (unpaired) electrons. The van der Waals surface area contributed by atoms with Crippen molar-refractivity contribution in [2.75, 3.05) is 31.2 Å². The molecule has 0 aliphatic carbocycles. The molecule has 2 saturated heterocycles. The first-order valence-electron chi connectivity index (χ1n) is 9.19. The quantitative estimate of drug-likeness (QED) is 0.766. The molecule has 0 aromatic carbocycles. The lowest BCUT2D eigenvalue weighted by atomic mass is 9.77. The van der Waals surface area contributed by atoms with Crippen LogP contribution in [0, 0.1) is 12.3 Å². The van der Waals surface area contributed by atoms with E-state index >= 15 is 0 Å². The van der Waals surface area contributed by atoms with Crippen LogP contribution in [-0.4, -0.2) is 64.8 Å². The Morgan fingerprint density at radius 1 is 1.47 bits per heavy atom. The lowest BCUT2D eigenvalue weighted by molar-refractivity contribution is -0.192. The maximum absolute atomic E-state index is 10.6. The number of pyridine rings is 1. The molecular weight excluding hydrogens is 425 g/mol. The molecule has 4 rings (SSSR count). The zero-order valence-corrected chi connectivity index (χ0v) is 16.9. The van der Waals surface area contributed by atoms with Crippen LogP contribution in [-0.2, 0) is 9.53 Å². The van der Waals surface area contributed by atoms with E-state index in [1.807, 2.05) is 19.1 Å². The fourth-order valence-corrected chi connectivity index (χ4v) is 4.20. The Morgan fingerprint density at radius 2 is 2.23 bits per heavy atom. The third-order valence-corrected chi connectivity index (χ3v) is 5.86. The van der Waals surface area contributed by atoms with Gasteiger partial charge in [-0.3, -0.25) is 4.98 Å². The van der Waals surface area contributed by atoms with E-state index in [4.69, 9.17) is 19.4 Å². The van der Waals surface area contributed by atoms with Crippen molar-refractivity contribution < 1.29 is 32.5 Å². The van der Waals surface area contributed by atoms with Crippen LogP contribution in [0.2, 0.25) is 0 Å². The average molecular weight is 446 g/mol. The lowest BCUT2D eigenvalue weighted by Crippen LogP contribution is -2.52. The number of alkyl halides is 3. The molecule has 164 valence electrons. The molecule has 8 nitrogen and oxygen atoms in total. The summed E-state index contributed by atoms with van der Waals surface area (Å²) in [5.41, 5.74) is 0.0215. The monoisotopic (exact) mass is 446 g/mol. The SMILES string of the molecule is Cc1nnc(N2CC[C@H]3OCC[C@@]3(COc3cccnc3)C2)s1.O=C(O)C(F)(F)F. The number of rotatable bonds is 4. The molecule has 0 saturated carbocycles. The second-order valence-electron chi connectivity index (χ2n) is 7.07. The molecule has 0 spiro atoms. The van der Waals surface area contributed by atoms with Crippen LogP contribution in [0.25, 0.3) is 0 Å². The van der Waals surface area contributed by atoms with Gasteiger partial charge >= 0.3 is 12.1 Å². The molecule has 0 amide bonds. The highest BCUT2D eigenvalue weighted by atomic mass is 32.1. The number of aliphatic carboxylic acids is 1. The molecule has 30 heavy (non-hydrogen) atoms. The maximum atomic E-state index is 10.6. The number of aromatic nitrogens is 3. The third kappa shape index (κ3) is 5.36. The van der Waals surface area contributed by atoms with Crippen LogP contribution < -0.4 is 9.64 Å². The lowest BCUT2D eigenvalue weighted by Gasteiger charge is -2.43. The Kier molecular flexibility index (Phi) is 6.76. The summed E-state index contributed by atoms with van der Waals surface area (Å²) in [6.07, 6.45) is 0.730. The first-order chi connectivity index (χ1) is 14.2. The first kappa shape index (κ1) is 22.2. The highest BCUT2D eigenvalue weighted by molar-refractivity contribution is 7.15. The van der Waals surface area contributed by atoms with Crippen molar-refractivity contribution in [2.45, 2.75) is 32.0 Å². The number of carboxylic acids is 1. The first-order valence-corrected chi connectivity index (χ1v) is 10.0. The highest BCUT2D eigenvalue weighted by Gasteiger charge is 2.49. The van der Waals surface area contributed by atoms with Crippen molar-refractivity contribution in [1.29, 1.82) is 0 Å². The van der Waals surface area contributed by atoms with Gasteiger partial charge in [-0.1, -0.05) is 11.3 Å². The molecule has 12 heteroatoms. The fourth-order valence-electron chi connectivity index (χ4n) is 3.49. The van der Waals surface area contributed by atoms with Crippen molar-refractivity contribution in [3.05, 3.63) is 29.5 Å². The molecule has 2 aliphatic heterocycles. The topological polar surface area (TPSA) is 97.7 Å². The van der Waals surface area contributed by atoms with Crippen LogP contribution in [0.3, 0.4) is 0 Å². The van der Waals surface area contributed by atoms with Crippen LogP contribution >= 0.6 is 11.3 Å². The number of carbonyl (C=O) groups is 1. The molecular formula is C18H21F3N4O4S. The summed E-state index contributed by atoms with van der Waals surface area (Å²) in [5.74, 6) is -1.94. The van der Waals surface area contributed by atoms with E-state index in [1.54, 1.807) is 23.7 Å². The summed E-state index contributed by atoms with van der Waals surface area (Å²) < 4.78 is 43.8. The van der Waals surface area contributed by atoms with Crippen molar-refractivity contribution in [3.63, 3.8) is 0 Å². The van der Waals surface area contributed by atoms with E-state index in [9.17, 15) is 13.2 Å². The van der Waals surface area contributed by atoms with E-state index in [2.05, 4.69) is 20.1 Å². The normalized spacial score (nSPS) is 23.3. The number of nitrogens with zero attached hydrogens (tertiary/aromatic N) is 4. The van der Waals surface area contributed by atoms with Gasteiger partial charge in [0, 0.05) is 25.9 Å². The summed E-state index contributed by atoms with van der Waals surface area (Å²) in [6.45, 7) is 5.33. The second kappa shape index (κ2) is 9.13. The van der Waals surface area contributed by atoms with Gasteiger partial charge in [-0.25, -0.2) is 4.79 Å². The van der Waals surface area contributed by atoms with E-state index in [1.165, 1.54) is 0 Å². The number of halogens is 3. The van der Waals surface area contributed by atoms with Crippen molar-refractivity contribution in [2.24, 2.45) is 5.41 Å². The van der Waals surface area contributed by atoms with E-state index in [-0.39, 0.29) is 11.5 Å². The standard InChI is InChI=1S/C16H20N4O2S.C2HF3O2/c1-12-18-19-15(23-12)20-7-4-14-16(10-20,5-8-21-14)11-22-13-3-2-6-17-9-13;3-2(4,5)1(6)7/h2-3,6,9,14H,4-5,7-8,10-11H2,1H3;(H,6,7)/t14-,16+;/m1./s1. The van der Waals surface area contributed by atoms with Crippen molar-refractivity contribution >= 4 is 22.4 Å². The Labute approximate surface area is 174 Å². The molecule has 2 fully saturated rings. The predicted octanol–water partition coefficient (Wildman–Crippen LogP) is 2.94. The molecule has 4 heterocycles. The van der Waals surface area contributed by atoms with Crippen molar-refractivity contribution in [1.82, 2.24) is 15.2 Å². The predicted molar refractivity (Wildman–Crippen MR) is 102 cm³/mol.